The molecular formula is C46H45F7N12O2S. The minimum absolute atomic E-state index is 0.000416. The third kappa shape index (κ3) is 9.59. The van der Waals surface area contributed by atoms with Crippen LogP contribution >= 0.6 is 11.3 Å². The number of halogens is 7. The minimum Gasteiger partial charge on any atom is -0.352 e. The lowest BCUT2D eigenvalue weighted by Crippen LogP contribution is -2.51. The van der Waals surface area contributed by atoms with E-state index in [9.17, 15) is 40.3 Å². The Kier molecular flexibility index (Phi) is 12.6. The Morgan fingerprint density at radius 1 is 0.794 bits per heavy atom. The smallest absolute Gasteiger partial charge is 0.352 e. The van der Waals surface area contributed by atoms with Gasteiger partial charge in [-0.2, -0.15) is 41.3 Å². The molecule has 0 radical (unpaired) electrons. The van der Waals surface area contributed by atoms with Gasteiger partial charge in [0.15, 0.2) is 0 Å². The Morgan fingerprint density at radius 3 is 2.06 bits per heavy atom. The largest absolute Gasteiger partial charge is 0.419 e. The second kappa shape index (κ2) is 18.5. The summed E-state index contributed by atoms with van der Waals surface area (Å²) in [4.78, 5) is 54.8. The van der Waals surface area contributed by atoms with Gasteiger partial charge in [-0.3, -0.25) is 9.59 Å². The number of anilines is 2. The summed E-state index contributed by atoms with van der Waals surface area (Å²) in [6, 6.07) is 10.5. The van der Waals surface area contributed by atoms with Crippen LogP contribution in [-0.4, -0.2) is 99.8 Å². The number of carbonyl (C=O) groups excluding carboxylic acids is 2. The molecule has 2 amide bonds. The molecule has 3 aliphatic rings. The van der Waals surface area contributed by atoms with Crippen molar-refractivity contribution in [2.45, 2.75) is 76.8 Å². The quantitative estimate of drug-likeness (QED) is 0.120. The first-order valence-electron chi connectivity index (χ1n) is 22.1. The average Bonchev–Trinajstić information content (AvgIpc) is 4.12. The van der Waals surface area contributed by atoms with Gasteiger partial charge in [0.1, 0.15) is 11.5 Å². The summed E-state index contributed by atoms with van der Waals surface area (Å²) in [5.74, 6) is -1.12. The zero-order valence-electron chi connectivity index (χ0n) is 36.9. The summed E-state index contributed by atoms with van der Waals surface area (Å²) in [6.45, 7) is 6.85. The molecule has 2 N–H and O–H groups in total. The van der Waals surface area contributed by atoms with Crippen LogP contribution in [0.1, 0.15) is 86.8 Å². The number of rotatable bonds is 11. The number of fused-ring (bicyclic) bond motifs is 1. The van der Waals surface area contributed by atoms with Gasteiger partial charge in [0.2, 0.25) is 11.9 Å². The van der Waals surface area contributed by atoms with Crippen LogP contribution < -0.4 is 10.6 Å². The standard InChI is InChI=1S/C46H45F7N12O2S/c1-24-6-11-36(34(13-24)41(66)63-12-4-5-25(2)37(63)21-58-43-54-16-30(17-55-43)45(48,49)50)65-60-20-35(62-65)28-14-29-23-64(42(67)39-40(68-26(3)61-39)27-7-9-32(47)10-8-27)38(33(29)15-28)22-59-44-56-18-31(19-57-44)46(51,52)53/h6-11,13,16-20,25,28-29,33,37-38H,4-5,12,14-15,21-23H2,1-3H3,(H,54,55,58)(H,56,57,59)/t25-,28?,29-,33-,37-,38?/m1/s1. The topological polar surface area (TPSA) is 160 Å². The molecule has 2 aliphatic heterocycles. The van der Waals surface area contributed by atoms with Crippen molar-refractivity contribution < 1.29 is 40.3 Å². The Hall–Kier alpha value is -6.58. The molecule has 0 bridgehead atoms. The van der Waals surface area contributed by atoms with Gasteiger partial charge in [0, 0.05) is 56.9 Å². The third-order valence-corrected chi connectivity index (χ3v) is 14.2. The summed E-state index contributed by atoms with van der Waals surface area (Å²) in [6.07, 6.45) is -1.83. The first-order valence-corrected chi connectivity index (χ1v) is 22.9. The van der Waals surface area contributed by atoms with Gasteiger partial charge in [-0.1, -0.05) is 30.7 Å². The number of nitrogens with zero attached hydrogens (tertiary/aromatic N) is 10. The monoisotopic (exact) mass is 962 g/mol. The van der Waals surface area contributed by atoms with Crippen molar-refractivity contribution in [3.63, 3.8) is 0 Å². The highest BCUT2D eigenvalue weighted by molar-refractivity contribution is 7.15. The number of amides is 2. The normalized spacial score (nSPS) is 21.8. The van der Waals surface area contributed by atoms with Crippen LogP contribution in [0.15, 0.2) is 73.4 Å². The molecule has 6 atom stereocenters. The first kappa shape index (κ1) is 46.5. The summed E-state index contributed by atoms with van der Waals surface area (Å²) in [5, 5.41) is 16.3. The number of thiazole rings is 1. The van der Waals surface area contributed by atoms with Crippen molar-refractivity contribution in [2.75, 3.05) is 36.8 Å². The van der Waals surface area contributed by atoms with Crippen molar-refractivity contribution in [3.05, 3.63) is 118 Å². The molecule has 22 heteroatoms. The zero-order chi connectivity index (χ0) is 48.1. The molecule has 2 aromatic carbocycles. The van der Waals surface area contributed by atoms with E-state index in [0.29, 0.717) is 70.7 Å². The van der Waals surface area contributed by atoms with Crippen molar-refractivity contribution in [1.29, 1.82) is 0 Å². The van der Waals surface area contributed by atoms with E-state index in [0.717, 1.165) is 30.8 Å². The maximum Gasteiger partial charge on any atom is 0.419 e. The number of likely N-dealkylation sites (tertiary alicyclic amines) is 2. The van der Waals surface area contributed by atoms with E-state index in [1.165, 1.54) is 28.3 Å². The second-order valence-corrected chi connectivity index (χ2v) is 18.9. The highest BCUT2D eigenvalue weighted by Gasteiger charge is 2.50. The van der Waals surface area contributed by atoms with Crippen LogP contribution in [0.2, 0.25) is 0 Å². The first-order chi connectivity index (χ1) is 32.4. The molecular weight excluding hydrogens is 918 g/mol. The molecule has 1 aliphatic carbocycles. The molecule has 14 nitrogen and oxygen atoms in total. The van der Waals surface area contributed by atoms with Gasteiger partial charge in [0.25, 0.3) is 11.8 Å². The Labute approximate surface area is 389 Å². The van der Waals surface area contributed by atoms with Gasteiger partial charge in [0.05, 0.1) is 56.2 Å². The predicted octanol–water partition coefficient (Wildman–Crippen LogP) is 8.86. The van der Waals surface area contributed by atoms with Crippen LogP contribution in [0.5, 0.6) is 0 Å². The molecule has 0 spiro atoms. The molecule has 1 saturated carbocycles. The van der Waals surface area contributed by atoms with E-state index in [-0.39, 0.29) is 72.2 Å². The number of aromatic nitrogens is 8. The van der Waals surface area contributed by atoms with Gasteiger partial charge >= 0.3 is 12.4 Å². The minimum atomic E-state index is -4.61. The van der Waals surface area contributed by atoms with E-state index < -0.39 is 35.3 Å². The van der Waals surface area contributed by atoms with Crippen molar-refractivity contribution in [3.8, 4) is 16.1 Å². The molecule has 3 fully saturated rings. The lowest BCUT2D eigenvalue weighted by Gasteiger charge is -2.40. The number of aryl methyl sites for hydroxylation is 2. The van der Waals surface area contributed by atoms with Crippen LogP contribution in [0.4, 0.5) is 42.6 Å². The highest BCUT2D eigenvalue weighted by Crippen LogP contribution is 2.49. The zero-order valence-corrected chi connectivity index (χ0v) is 37.7. The van der Waals surface area contributed by atoms with E-state index in [4.69, 9.17) is 5.10 Å². The summed E-state index contributed by atoms with van der Waals surface area (Å²) in [7, 11) is 0. The molecule has 2 unspecified atom stereocenters. The van der Waals surface area contributed by atoms with Crippen LogP contribution in [0, 0.1) is 37.4 Å². The second-order valence-electron chi connectivity index (χ2n) is 17.6. The average molecular weight is 963 g/mol. The fraction of sp³-hybridized carbons (Fsp3) is 0.413. The number of carbonyl (C=O) groups is 2. The summed E-state index contributed by atoms with van der Waals surface area (Å²) < 4.78 is 93.2. The number of hydrogen-bond acceptors (Lipinski definition) is 12. The number of hydrogen-bond donors (Lipinski definition) is 2. The lowest BCUT2D eigenvalue weighted by molar-refractivity contribution is -0.138. The predicted molar refractivity (Wildman–Crippen MR) is 236 cm³/mol. The summed E-state index contributed by atoms with van der Waals surface area (Å²) >= 11 is 1.32. The third-order valence-electron chi connectivity index (χ3n) is 13.2. The molecule has 4 aromatic heterocycles. The number of piperidine rings is 1. The van der Waals surface area contributed by atoms with E-state index >= 15 is 0 Å². The van der Waals surface area contributed by atoms with E-state index in [2.05, 4.69) is 40.7 Å². The number of nitrogens with one attached hydrogen (secondary N) is 2. The van der Waals surface area contributed by atoms with Crippen molar-refractivity contribution in [2.24, 2.45) is 17.8 Å². The fourth-order valence-corrected chi connectivity index (χ4v) is 10.7. The lowest BCUT2D eigenvalue weighted by atomic mass is 9.90. The van der Waals surface area contributed by atoms with Crippen LogP contribution in [0.25, 0.3) is 16.1 Å². The van der Waals surface area contributed by atoms with Gasteiger partial charge in [-0.05, 0) is 87.1 Å². The number of alkyl halides is 6. The van der Waals surface area contributed by atoms with Crippen molar-refractivity contribution in [1.82, 2.24) is 49.7 Å². The summed E-state index contributed by atoms with van der Waals surface area (Å²) in [5.41, 5.74) is 1.29. The molecule has 6 aromatic rings. The maximum absolute atomic E-state index is 14.6. The van der Waals surface area contributed by atoms with Gasteiger partial charge < -0.3 is 20.4 Å². The van der Waals surface area contributed by atoms with Crippen molar-refractivity contribution >= 4 is 35.0 Å². The van der Waals surface area contributed by atoms with E-state index in [1.54, 1.807) is 47.2 Å². The van der Waals surface area contributed by atoms with Gasteiger partial charge in [-0.15, -0.1) is 11.3 Å². The van der Waals surface area contributed by atoms with Crippen LogP contribution in [0.3, 0.4) is 0 Å². The van der Waals surface area contributed by atoms with Gasteiger partial charge in [-0.25, -0.2) is 29.3 Å². The molecule has 9 rings (SSSR count). The molecule has 356 valence electrons. The Morgan fingerprint density at radius 2 is 1.43 bits per heavy atom. The van der Waals surface area contributed by atoms with Crippen LogP contribution in [-0.2, 0) is 12.4 Å². The SMILES string of the molecule is Cc1ccc(-n2ncc(C3C[C@@H]4CN(C(=O)c5nc(C)sc5-c5ccc(F)cc5)C(CNc5ncc(C(F)(F)F)cn5)[C@@H]4C3)n2)c(C(=O)N2CCC[C@@H](C)[C@H]2CNc2ncc(C(F)(F)F)cn2)c1. The Balaban J connectivity index is 0.945. The number of benzene rings is 2. The molecule has 6 heterocycles. The Bertz CT molecular complexity index is 2780. The highest BCUT2D eigenvalue weighted by atomic mass is 32.1. The molecule has 2 saturated heterocycles. The fourth-order valence-electron chi connectivity index (χ4n) is 9.76. The maximum atomic E-state index is 14.6. The molecule has 68 heavy (non-hydrogen) atoms. The van der Waals surface area contributed by atoms with E-state index in [1.807, 2.05) is 19.9 Å².